The summed E-state index contributed by atoms with van der Waals surface area (Å²) in [5.41, 5.74) is 2.84. The molecule has 1 aromatic heterocycles. The number of amides is 1. The summed E-state index contributed by atoms with van der Waals surface area (Å²) >= 11 is 0. The van der Waals surface area contributed by atoms with Gasteiger partial charge in [-0.1, -0.05) is 48.5 Å². The number of aromatic nitrogens is 3. The SMILES string of the molecule is O=C(Cn1cncn1)Nc1ccccc1-c1ccccc1. The molecule has 1 heterocycles. The zero-order chi connectivity index (χ0) is 14.5. The van der Waals surface area contributed by atoms with E-state index in [9.17, 15) is 4.79 Å². The molecule has 0 unspecified atom stereocenters. The van der Waals surface area contributed by atoms with Crippen molar-refractivity contribution in [2.24, 2.45) is 0 Å². The predicted octanol–water partition coefficient (Wildman–Crippen LogP) is 2.58. The summed E-state index contributed by atoms with van der Waals surface area (Å²) < 4.78 is 1.49. The molecule has 2 aromatic carbocycles. The van der Waals surface area contributed by atoms with Crippen LogP contribution in [-0.2, 0) is 11.3 Å². The van der Waals surface area contributed by atoms with E-state index in [1.165, 1.54) is 17.3 Å². The average molecular weight is 278 g/mol. The maximum Gasteiger partial charge on any atom is 0.246 e. The second-order valence-electron chi connectivity index (χ2n) is 4.55. The third-order valence-electron chi connectivity index (χ3n) is 3.06. The molecule has 3 rings (SSSR count). The summed E-state index contributed by atoms with van der Waals surface area (Å²) in [6.45, 7) is 0.142. The standard InChI is InChI=1S/C16H14N4O/c21-16(10-20-12-17-11-18-20)19-15-9-5-4-8-14(15)13-6-2-1-3-7-13/h1-9,11-12H,10H2,(H,19,21). The van der Waals surface area contributed by atoms with Gasteiger partial charge in [0.25, 0.3) is 0 Å². The topological polar surface area (TPSA) is 59.8 Å². The Morgan fingerprint density at radius 1 is 1.05 bits per heavy atom. The lowest BCUT2D eigenvalue weighted by molar-refractivity contribution is -0.116. The molecule has 5 heteroatoms. The Morgan fingerprint density at radius 2 is 1.81 bits per heavy atom. The summed E-state index contributed by atoms with van der Waals surface area (Å²) in [4.78, 5) is 15.9. The summed E-state index contributed by atoms with van der Waals surface area (Å²) in [5.74, 6) is -0.135. The molecular formula is C16H14N4O. The summed E-state index contributed by atoms with van der Waals surface area (Å²) in [6, 6.07) is 17.7. The molecule has 0 aliphatic heterocycles. The van der Waals surface area contributed by atoms with E-state index >= 15 is 0 Å². The van der Waals surface area contributed by atoms with Gasteiger partial charge >= 0.3 is 0 Å². The van der Waals surface area contributed by atoms with Crippen molar-refractivity contribution in [1.82, 2.24) is 14.8 Å². The van der Waals surface area contributed by atoms with Gasteiger partial charge in [0.15, 0.2) is 0 Å². The van der Waals surface area contributed by atoms with Crippen molar-refractivity contribution in [2.45, 2.75) is 6.54 Å². The van der Waals surface area contributed by atoms with Gasteiger partial charge in [-0.2, -0.15) is 5.10 Å². The van der Waals surface area contributed by atoms with Crippen molar-refractivity contribution in [3.05, 3.63) is 67.3 Å². The van der Waals surface area contributed by atoms with Crippen LogP contribution in [0, 0.1) is 0 Å². The minimum absolute atomic E-state index is 0.135. The monoisotopic (exact) mass is 278 g/mol. The van der Waals surface area contributed by atoms with Crippen LogP contribution in [0.3, 0.4) is 0 Å². The van der Waals surface area contributed by atoms with E-state index in [0.29, 0.717) is 0 Å². The molecular weight excluding hydrogens is 264 g/mol. The molecule has 0 aliphatic carbocycles. The van der Waals surface area contributed by atoms with Crippen LogP contribution in [0.5, 0.6) is 0 Å². The van der Waals surface area contributed by atoms with Crippen LogP contribution in [0.2, 0.25) is 0 Å². The zero-order valence-corrected chi connectivity index (χ0v) is 11.3. The lowest BCUT2D eigenvalue weighted by Gasteiger charge is -2.11. The number of anilines is 1. The van der Waals surface area contributed by atoms with Crippen molar-refractivity contribution in [1.29, 1.82) is 0 Å². The molecule has 104 valence electrons. The maximum atomic E-state index is 12.1. The molecule has 3 aromatic rings. The Morgan fingerprint density at radius 3 is 2.57 bits per heavy atom. The van der Waals surface area contributed by atoms with Crippen molar-refractivity contribution in [3.63, 3.8) is 0 Å². The number of nitrogens with zero attached hydrogens (tertiary/aromatic N) is 3. The second-order valence-corrected chi connectivity index (χ2v) is 4.55. The Kier molecular flexibility index (Phi) is 3.73. The quantitative estimate of drug-likeness (QED) is 0.798. The van der Waals surface area contributed by atoms with E-state index in [4.69, 9.17) is 0 Å². The van der Waals surface area contributed by atoms with Gasteiger partial charge in [0.1, 0.15) is 19.2 Å². The van der Waals surface area contributed by atoms with Gasteiger partial charge in [-0.05, 0) is 11.6 Å². The van der Waals surface area contributed by atoms with Crippen molar-refractivity contribution in [3.8, 4) is 11.1 Å². The van der Waals surface area contributed by atoms with Gasteiger partial charge in [0.05, 0.1) is 0 Å². The first-order valence-electron chi connectivity index (χ1n) is 6.59. The van der Waals surface area contributed by atoms with Crippen LogP contribution < -0.4 is 5.32 Å². The van der Waals surface area contributed by atoms with Crippen molar-refractivity contribution < 1.29 is 4.79 Å². The minimum atomic E-state index is -0.135. The van der Waals surface area contributed by atoms with E-state index in [1.54, 1.807) is 0 Å². The van der Waals surface area contributed by atoms with Gasteiger partial charge in [-0.3, -0.25) is 4.79 Å². The molecule has 0 aliphatic rings. The molecule has 1 N–H and O–H groups in total. The van der Waals surface area contributed by atoms with Gasteiger partial charge in [0, 0.05) is 11.3 Å². The predicted molar refractivity (Wildman–Crippen MR) is 80.5 cm³/mol. The molecule has 0 spiro atoms. The number of carbonyl (C=O) groups excluding carboxylic acids is 1. The van der Waals surface area contributed by atoms with Crippen molar-refractivity contribution in [2.75, 3.05) is 5.32 Å². The van der Waals surface area contributed by atoms with Crippen LogP contribution in [0.1, 0.15) is 0 Å². The number of benzene rings is 2. The third kappa shape index (κ3) is 3.14. The molecule has 0 saturated carbocycles. The van der Waals surface area contributed by atoms with Crippen LogP contribution in [0.15, 0.2) is 67.3 Å². The fraction of sp³-hybridized carbons (Fsp3) is 0.0625. The first-order valence-corrected chi connectivity index (χ1v) is 6.59. The number of hydrogen-bond acceptors (Lipinski definition) is 3. The Balaban J connectivity index is 1.81. The maximum absolute atomic E-state index is 12.1. The fourth-order valence-corrected chi connectivity index (χ4v) is 2.11. The highest BCUT2D eigenvalue weighted by atomic mass is 16.2. The number of para-hydroxylation sites is 1. The normalized spacial score (nSPS) is 10.3. The molecule has 1 amide bonds. The average Bonchev–Trinajstić information content (AvgIpc) is 3.01. The van der Waals surface area contributed by atoms with Gasteiger partial charge in [-0.15, -0.1) is 0 Å². The lowest BCUT2D eigenvalue weighted by Crippen LogP contribution is -2.19. The Labute approximate surface area is 122 Å². The van der Waals surface area contributed by atoms with E-state index in [0.717, 1.165) is 16.8 Å². The molecule has 0 fully saturated rings. The van der Waals surface area contributed by atoms with Crippen LogP contribution in [0.4, 0.5) is 5.69 Å². The summed E-state index contributed by atoms with van der Waals surface area (Å²) in [6.07, 6.45) is 2.92. The molecule has 5 nitrogen and oxygen atoms in total. The molecule has 0 saturated heterocycles. The third-order valence-corrected chi connectivity index (χ3v) is 3.06. The van der Waals surface area contributed by atoms with Crippen LogP contribution >= 0.6 is 0 Å². The molecule has 0 bridgehead atoms. The number of rotatable bonds is 4. The second kappa shape index (κ2) is 6.00. The van der Waals surface area contributed by atoms with Crippen molar-refractivity contribution >= 4 is 11.6 Å². The number of hydrogen-bond donors (Lipinski definition) is 1. The highest BCUT2D eigenvalue weighted by Crippen LogP contribution is 2.27. The lowest BCUT2D eigenvalue weighted by atomic mass is 10.0. The first kappa shape index (κ1) is 13.1. The molecule has 0 atom stereocenters. The number of carbonyl (C=O) groups is 1. The zero-order valence-electron chi connectivity index (χ0n) is 11.3. The van der Waals surface area contributed by atoms with Gasteiger partial charge < -0.3 is 5.32 Å². The van der Waals surface area contributed by atoms with Crippen LogP contribution in [0.25, 0.3) is 11.1 Å². The number of nitrogens with one attached hydrogen (secondary N) is 1. The summed E-state index contributed by atoms with van der Waals surface area (Å²) in [5, 5.41) is 6.84. The first-order chi connectivity index (χ1) is 10.3. The van der Waals surface area contributed by atoms with Gasteiger partial charge in [0.2, 0.25) is 5.91 Å². The van der Waals surface area contributed by atoms with E-state index in [2.05, 4.69) is 15.4 Å². The fourth-order valence-electron chi connectivity index (χ4n) is 2.11. The van der Waals surface area contributed by atoms with E-state index < -0.39 is 0 Å². The highest BCUT2D eigenvalue weighted by Gasteiger charge is 2.08. The Hall–Kier alpha value is -2.95. The summed E-state index contributed by atoms with van der Waals surface area (Å²) in [7, 11) is 0. The minimum Gasteiger partial charge on any atom is -0.324 e. The van der Waals surface area contributed by atoms with E-state index in [1.807, 2.05) is 54.6 Å². The van der Waals surface area contributed by atoms with E-state index in [-0.39, 0.29) is 12.5 Å². The largest absolute Gasteiger partial charge is 0.324 e. The van der Waals surface area contributed by atoms with Crippen LogP contribution in [-0.4, -0.2) is 20.7 Å². The van der Waals surface area contributed by atoms with Gasteiger partial charge in [-0.25, -0.2) is 9.67 Å². The highest BCUT2D eigenvalue weighted by molar-refractivity contribution is 5.95. The Bertz CT molecular complexity index is 723. The molecule has 21 heavy (non-hydrogen) atoms. The molecule has 0 radical (unpaired) electrons. The smallest absolute Gasteiger partial charge is 0.246 e.